The summed E-state index contributed by atoms with van der Waals surface area (Å²) in [6.45, 7) is 5.46. The van der Waals surface area contributed by atoms with E-state index in [0.29, 0.717) is 85.2 Å². The minimum atomic E-state index is -1.01. The maximum absolute atomic E-state index is 13.5. The summed E-state index contributed by atoms with van der Waals surface area (Å²) in [5.41, 5.74) is 4.66. The molecule has 0 radical (unpaired) electrons. The quantitative estimate of drug-likeness (QED) is 0.326. The number of hydrogen-bond acceptors (Lipinski definition) is 7. The zero-order chi connectivity index (χ0) is 27.9. The average Bonchev–Trinajstić information content (AvgIpc) is 3.55. The van der Waals surface area contributed by atoms with Gasteiger partial charge in [0.05, 0.1) is 30.9 Å². The van der Waals surface area contributed by atoms with Gasteiger partial charge in [0.25, 0.3) is 5.91 Å². The van der Waals surface area contributed by atoms with Crippen LogP contribution in [0, 0.1) is 12.8 Å². The molecule has 1 aliphatic heterocycles. The van der Waals surface area contributed by atoms with Crippen molar-refractivity contribution < 1.29 is 28.9 Å². The van der Waals surface area contributed by atoms with Gasteiger partial charge in [0.15, 0.2) is 5.79 Å². The Labute approximate surface area is 232 Å². The van der Waals surface area contributed by atoms with E-state index >= 15 is 0 Å². The van der Waals surface area contributed by atoms with E-state index in [0.717, 1.165) is 11.1 Å². The zero-order valence-electron chi connectivity index (χ0n) is 22.8. The first-order valence-electron chi connectivity index (χ1n) is 14.0. The van der Waals surface area contributed by atoms with Crippen molar-refractivity contribution >= 4 is 23.0 Å². The number of ether oxygens (including phenoxy) is 3. The Hall–Kier alpha value is -3.70. The predicted octanol–water partition coefficient (Wildman–Crippen LogP) is 4.25. The number of fused-ring (bicyclic) bond motifs is 1. The fraction of sp³-hybridized carbons (Fsp3) is 0.517. The zero-order valence-corrected chi connectivity index (χ0v) is 22.8. The normalized spacial score (nSPS) is 22.2. The van der Waals surface area contributed by atoms with Crippen LogP contribution in [0.4, 0.5) is 4.79 Å². The molecule has 2 saturated carbocycles. The molecule has 3 aliphatic rings. The summed E-state index contributed by atoms with van der Waals surface area (Å²) < 4.78 is 18.1. The maximum Gasteiger partial charge on any atom is 0.404 e. The third-order valence-electron chi connectivity index (χ3n) is 8.16. The molecule has 11 heteroatoms. The second kappa shape index (κ2) is 10.7. The van der Waals surface area contributed by atoms with Gasteiger partial charge in [0.1, 0.15) is 23.3 Å². The summed E-state index contributed by atoms with van der Waals surface area (Å²) in [5, 5.41) is 14.7. The lowest BCUT2D eigenvalue weighted by Gasteiger charge is -2.28. The topological polar surface area (TPSA) is 148 Å². The monoisotopic (exact) mass is 549 g/mol. The Bertz CT molecular complexity index is 1420. The minimum Gasteiger partial charge on any atom is -0.493 e. The summed E-state index contributed by atoms with van der Waals surface area (Å²) in [7, 11) is 0. The summed E-state index contributed by atoms with van der Waals surface area (Å²) >= 11 is 0. The number of nitrogens with zero attached hydrogens (tertiary/aromatic N) is 2. The van der Waals surface area contributed by atoms with E-state index in [1.165, 1.54) is 19.2 Å². The third-order valence-corrected chi connectivity index (χ3v) is 8.16. The number of nitrogens with one attached hydrogen (secondary N) is 3. The summed E-state index contributed by atoms with van der Waals surface area (Å²) in [5.74, 6) is 0.227. The first kappa shape index (κ1) is 26.5. The summed E-state index contributed by atoms with van der Waals surface area (Å²) in [6, 6.07) is 5.79. The van der Waals surface area contributed by atoms with Crippen molar-refractivity contribution in [3.05, 3.63) is 41.3 Å². The highest BCUT2D eigenvalue weighted by Gasteiger charge is 2.35. The molecular formula is C29H35N5O6. The Balaban J connectivity index is 1.31. The molecule has 6 rings (SSSR count). The third kappa shape index (κ3) is 5.35. The van der Waals surface area contributed by atoms with Crippen LogP contribution >= 0.6 is 0 Å². The summed E-state index contributed by atoms with van der Waals surface area (Å²) in [4.78, 5) is 36.9. The van der Waals surface area contributed by atoms with Crippen LogP contribution in [-0.4, -0.2) is 64.0 Å². The van der Waals surface area contributed by atoms with Gasteiger partial charge in [0.2, 0.25) is 0 Å². The van der Waals surface area contributed by atoms with E-state index in [1.54, 1.807) is 0 Å². The molecule has 2 amide bonds. The number of amides is 2. The van der Waals surface area contributed by atoms with Crippen LogP contribution in [-0.2, 0) is 15.3 Å². The lowest BCUT2D eigenvalue weighted by molar-refractivity contribution is -0.149. The molecule has 2 aromatic heterocycles. The highest BCUT2D eigenvalue weighted by atomic mass is 16.7. The SMILES string of the molecule is Cc1[nH]c2c(-c3cc(C4(C)OCCO4)ccc3OCC3CC3)ncnc2c1C(=O)N[C@H]1CC[C@H](NC(=O)O)CC1. The van der Waals surface area contributed by atoms with Crippen molar-refractivity contribution in [3.8, 4) is 17.0 Å². The van der Waals surface area contributed by atoms with E-state index in [1.807, 2.05) is 32.0 Å². The standard InChI is InChI=1S/C29H35N5O6/c1-16-23(27(35)33-19-6-8-20(9-7-19)34-28(36)37)25-26(32-16)24(30-15-31-25)21-13-18(29(2)39-11-12-40-29)5-10-22(21)38-14-17-3-4-17/h5,10,13,15,17,19-20,32,34H,3-4,6-9,11-12,14H2,1-2H3,(H,33,35)(H,36,37)/t19-,20-. The van der Waals surface area contributed by atoms with Crippen molar-refractivity contribution in [1.29, 1.82) is 0 Å². The van der Waals surface area contributed by atoms with Crippen molar-refractivity contribution in [2.75, 3.05) is 19.8 Å². The van der Waals surface area contributed by atoms with Gasteiger partial charge in [0, 0.05) is 28.9 Å². The van der Waals surface area contributed by atoms with Crippen molar-refractivity contribution in [3.63, 3.8) is 0 Å². The molecule has 0 spiro atoms. The second-order valence-electron chi connectivity index (χ2n) is 11.2. The van der Waals surface area contributed by atoms with Gasteiger partial charge >= 0.3 is 6.09 Å². The Kier molecular flexibility index (Phi) is 7.09. The molecule has 0 bridgehead atoms. The molecule has 0 unspecified atom stereocenters. The number of carbonyl (C=O) groups excluding carboxylic acids is 1. The number of hydrogen-bond donors (Lipinski definition) is 4. The molecule has 1 saturated heterocycles. The average molecular weight is 550 g/mol. The fourth-order valence-corrected chi connectivity index (χ4v) is 5.71. The molecule has 40 heavy (non-hydrogen) atoms. The van der Waals surface area contributed by atoms with Crippen molar-refractivity contribution in [2.45, 2.75) is 70.2 Å². The Morgan fingerprint density at radius 3 is 2.45 bits per heavy atom. The molecule has 212 valence electrons. The van der Waals surface area contributed by atoms with Crippen LogP contribution < -0.4 is 15.4 Å². The van der Waals surface area contributed by atoms with E-state index in [2.05, 4.69) is 25.6 Å². The van der Waals surface area contributed by atoms with Gasteiger partial charge in [-0.2, -0.15) is 0 Å². The van der Waals surface area contributed by atoms with Gasteiger partial charge in [-0.1, -0.05) is 0 Å². The number of benzene rings is 1. The van der Waals surface area contributed by atoms with Crippen LogP contribution in [0.15, 0.2) is 24.5 Å². The molecule has 4 N–H and O–H groups in total. The Morgan fingerprint density at radius 2 is 1.77 bits per heavy atom. The first-order valence-corrected chi connectivity index (χ1v) is 14.0. The van der Waals surface area contributed by atoms with Crippen molar-refractivity contribution in [1.82, 2.24) is 25.6 Å². The number of H-pyrrole nitrogens is 1. The van der Waals surface area contributed by atoms with Gasteiger partial charge in [-0.05, 0) is 76.5 Å². The van der Waals surface area contributed by atoms with E-state index < -0.39 is 11.9 Å². The van der Waals surface area contributed by atoms with E-state index in [9.17, 15) is 9.59 Å². The van der Waals surface area contributed by atoms with Crippen LogP contribution in [0.5, 0.6) is 5.75 Å². The first-order chi connectivity index (χ1) is 19.3. The van der Waals surface area contributed by atoms with Gasteiger partial charge in [-0.25, -0.2) is 14.8 Å². The number of carboxylic acid groups (broad SMARTS) is 1. The Morgan fingerprint density at radius 1 is 1.07 bits per heavy atom. The smallest absolute Gasteiger partial charge is 0.404 e. The van der Waals surface area contributed by atoms with Gasteiger partial charge in [-0.15, -0.1) is 0 Å². The molecular weight excluding hydrogens is 514 g/mol. The number of aromatic amines is 1. The maximum atomic E-state index is 13.5. The number of rotatable bonds is 8. The molecule has 3 aromatic rings. The lowest BCUT2D eigenvalue weighted by Crippen LogP contribution is -2.43. The molecule has 11 nitrogen and oxygen atoms in total. The number of aryl methyl sites for hydroxylation is 1. The van der Waals surface area contributed by atoms with Crippen molar-refractivity contribution in [2.24, 2.45) is 5.92 Å². The molecule has 3 heterocycles. The van der Waals surface area contributed by atoms with Crippen LogP contribution in [0.2, 0.25) is 0 Å². The second-order valence-corrected chi connectivity index (χ2v) is 11.2. The highest BCUT2D eigenvalue weighted by Crippen LogP contribution is 2.40. The summed E-state index contributed by atoms with van der Waals surface area (Å²) in [6.07, 6.45) is 5.60. The molecule has 0 atom stereocenters. The molecule has 2 aliphatic carbocycles. The van der Waals surface area contributed by atoms with Gasteiger partial charge in [-0.3, -0.25) is 4.79 Å². The lowest BCUT2D eigenvalue weighted by atomic mass is 9.91. The van der Waals surface area contributed by atoms with E-state index in [-0.39, 0.29) is 18.0 Å². The number of carbonyl (C=O) groups is 2. The van der Waals surface area contributed by atoms with E-state index in [4.69, 9.17) is 19.3 Å². The minimum absolute atomic E-state index is 0.0312. The number of aromatic nitrogens is 3. The van der Waals surface area contributed by atoms with Crippen LogP contribution in [0.3, 0.4) is 0 Å². The largest absolute Gasteiger partial charge is 0.493 e. The van der Waals surface area contributed by atoms with Crippen LogP contribution in [0.1, 0.15) is 67.1 Å². The molecule has 1 aromatic carbocycles. The van der Waals surface area contributed by atoms with Gasteiger partial charge < -0.3 is 34.9 Å². The highest BCUT2D eigenvalue weighted by molar-refractivity contribution is 6.09. The molecule has 3 fully saturated rings. The fourth-order valence-electron chi connectivity index (χ4n) is 5.71. The van der Waals surface area contributed by atoms with Crippen LogP contribution in [0.25, 0.3) is 22.3 Å². The predicted molar refractivity (Wildman–Crippen MR) is 146 cm³/mol.